The summed E-state index contributed by atoms with van der Waals surface area (Å²) in [6, 6.07) is -0.810. The largest absolute Gasteiger partial charge is 0.394 e. The number of aliphatic hydroxyl groups excluding tert-OH is 3. The van der Waals surface area contributed by atoms with Crippen molar-refractivity contribution in [2.75, 3.05) is 6.61 Å². The zero-order chi connectivity index (χ0) is 35.9. The van der Waals surface area contributed by atoms with E-state index in [0.29, 0.717) is 12.8 Å². The second-order valence-electron chi connectivity index (χ2n) is 15.3. The summed E-state index contributed by atoms with van der Waals surface area (Å²) in [7, 11) is 0. The van der Waals surface area contributed by atoms with E-state index < -0.39 is 18.2 Å². The molecule has 0 heterocycles. The van der Waals surface area contributed by atoms with Crippen molar-refractivity contribution >= 4 is 5.91 Å². The number of rotatable bonds is 40. The van der Waals surface area contributed by atoms with Crippen molar-refractivity contribution in [2.24, 2.45) is 0 Å². The van der Waals surface area contributed by atoms with Crippen LogP contribution in [0.15, 0.2) is 12.2 Å². The molecule has 0 aliphatic heterocycles. The van der Waals surface area contributed by atoms with Gasteiger partial charge in [-0.3, -0.25) is 4.79 Å². The van der Waals surface area contributed by atoms with Gasteiger partial charge in [0.15, 0.2) is 0 Å². The Bertz CT molecular complexity index is 684. The van der Waals surface area contributed by atoms with Crippen LogP contribution in [0.3, 0.4) is 0 Å². The van der Waals surface area contributed by atoms with E-state index in [1.165, 1.54) is 167 Å². The predicted molar refractivity (Wildman–Crippen MR) is 213 cm³/mol. The van der Waals surface area contributed by atoms with E-state index in [1.807, 2.05) is 0 Å². The summed E-state index contributed by atoms with van der Waals surface area (Å²) in [5.74, 6) is -0.150. The molecule has 0 fully saturated rings. The van der Waals surface area contributed by atoms with Crippen LogP contribution in [-0.4, -0.2) is 46.1 Å². The second kappa shape index (κ2) is 39.9. The van der Waals surface area contributed by atoms with Gasteiger partial charge in [0.25, 0.3) is 0 Å². The first kappa shape index (κ1) is 48.1. The minimum atomic E-state index is -1.14. The van der Waals surface area contributed by atoms with Crippen molar-refractivity contribution in [3.8, 4) is 0 Å². The maximum atomic E-state index is 12.4. The minimum Gasteiger partial charge on any atom is -0.394 e. The van der Waals surface area contributed by atoms with Gasteiger partial charge in [0, 0.05) is 6.42 Å². The smallest absolute Gasteiger partial charge is 0.220 e. The Labute approximate surface area is 306 Å². The van der Waals surface area contributed by atoms with E-state index >= 15 is 0 Å². The van der Waals surface area contributed by atoms with Crippen LogP contribution in [0.25, 0.3) is 0 Å². The van der Waals surface area contributed by atoms with Gasteiger partial charge in [-0.15, -0.1) is 0 Å². The van der Waals surface area contributed by atoms with Crippen molar-refractivity contribution < 1.29 is 20.1 Å². The monoisotopic (exact) mass is 694 g/mol. The normalized spacial score (nSPS) is 13.7. The number of hydrogen-bond donors (Lipinski definition) is 4. The highest BCUT2D eigenvalue weighted by Crippen LogP contribution is 2.16. The van der Waals surface area contributed by atoms with E-state index in [0.717, 1.165) is 44.9 Å². The van der Waals surface area contributed by atoms with Gasteiger partial charge in [0.1, 0.15) is 6.10 Å². The molecule has 0 saturated carbocycles. The van der Waals surface area contributed by atoms with Crippen molar-refractivity contribution in [2.45, 2.75) is 257 Å². The fourth-order valence-electron chi connectivity index (χ4n) is 6.92. The lowest BCUT2D eigenvalue weighted by atomic mass is 9.99. The molecule has 0 spiro atoms. The van der Waals surface area contributed by atoms with Crippen LogP contribution in [0.5, 0.6) is 0 Å². The number of amides is 1. The molecule has 292 valence electrons. The van der Waals surface area contributed by atoms with Gasteiger partial charge in [-0.05, 0) is 38.5 Å². The van der Waals surface area contributed by atoms with Crippen LogP contribution in [0.1, 0.15) is 239 Å². The van der Waals surface area contributed by atoms with E-state index in [2.05, 4.69) is 31.3 Å². The maximum absolute atomic E-state index is 12.4. The highest BCUT2D eigenvalue weighted by Gasteiger charge is 2.26. The summed E-state index contributed by atoms with van der Waals surface area (Å²) in [4.78, 5) is 12.4. The molecule has 3 atom stereocenters. The van der Waals surface area contributed by atoms with Crippen LogP contribution < -0.4 is 5.32 Å². The molecule has 0 aromatic carbocycles. The average Bonchev–Trinajstić information content (AvgIpc) is 3.10. The summed E-state index contributed by atoms with van der Waals surface area (Å²) >= 11 is 0. The van der Waals surface area contributed by atoms with Crippen molar-refractivity contribution in [3.05, 3.63) is 12.2 Å². The molecule has 0 rings (SSSR count). The molecule has 0 bridgehead atoms. The lowest BCUT2D eigenvalue weighted by molar-refractivity contribution is -0.124. The molecule has 4 N–H and O–H groups in total. The first-order valence-electron chi connectivity index (χ1n) is 22.0. The van der Waals surface area contributed by atoms with Crippen LogP contribution in [0.2, 0.25) is 0 Å². The number of allylic oxidation sites excluding steroid dienone is 2. The van der Waals surface area contributed by atoms with Crippen LogP contribution in [0.4, 0.5) is 0 Å². The molecule has 0 aromatic rings. The topological polar surface area (TPSA) is 89.8 Å². The van der Waals surface area contributed by atoms with E-state index in [-0.39, 0.29) is 12.5 Å². The Morgan fingerprint density at radius 1 is 0.490 bits per heavy atom. The Kier molecular flexibility index (Phi) is 39.1. The van der Waals surface area contributed by atoms with Gasteiger partial charge in [-0.25, -0.2) is 0 Å². The molecule has 49 heavy (non-hydrogen) atoms. The summed E-state index contributed by atoms with van der Waals surface area (Å²) in [5.41, 5.74) is 0. The zero-order valence-electron chi connectivity index (χ0n) is 33.1. The SMILES string of the molecule is CCCCCCCCCCC/C=C\CCCCCCCC(=O)NC(CO)C(O)C(O)CCCCCCCCCCCCCCCCCCC. The lowest BCUT2D eigenvalue weighted by Crippen LogP contribution is -2.50. The molecule has 5 nitrogen and oxygen atoms in total. The maximum Gasteiger partial charge on any atom is 0.220 e. The highest BCUT2D eigenvalue weighted by molar-refractivity contribution is 5.76. The van der Waals surface area contributed by atoms with Gasteiger partial charge in [-0.1, -0.05) is 206 Å². The number of hydrogen-bond acceptors (Lipinski definition) is 4. The number of unbranched alkanes of at least 4 members (excludes halogenated alkanes) is 30. The summed E-state index contributed by atoms with van der Waals surface area (Å²) < 4.78 is 0. The van der Waals surface area contributed by atoms with Crippen LogP contribution in [0, 0.1) is 0 Å². The van der Waals surface area contributed by atoms with E-state index in [9.17, 15) is 20.1 Å². The zero-order valence-corrected chi connectivity index (χ0v) is 33.1. The molecule has 3 unspecified atom stereocenters. The van der Waals surface area contributed by atoms with Gasteiger partial charge >= 0.3 is 0 Å². The molecule has 0 saturated heterocycles. The van der Waals surface area contributed by atoms with Gasteiger partial charge in [0.2, 0.25) is 5.91 Å². The van der Waals surface area contributed by atoms with E-state index in [4.69, 9.17) is 0 Å². The molecule has 1 amide bonds. The van der Waals surface area contributed by atoms with Crippen LogP contribution >= 0.6 is 0 Å². The molecule has 0 radical (unpaired) electrons. The van der Waals surface area contributed by atoms with Gasteiger partial charge in [-0.2, -0.15) is 0 Å². The predicted octanol–water partition coefficient (Wildman–Crippen LogP) is 12.4. The molecular weight excluding hydrogens is 606 g/mol. The third-order valence-electron chi connectivity index (χ3n) is 10.4. The molecule has 0 aliphatic carbocycles. The standard InChI is InChI=1S/C44H87NO4/c1-3-5-7-9-11-13-15-17-19-21-23-25-27-29-31-33-35-37-39-43(48)45-41(40-46)44(49)42(47)38-36-34-32-30-28-26-24-22-20-18-16-14-12-10-8-6-4-2/h23,25,41-42,44,46-47,49H,3-22,24,26-40H2,1-2H3,(H,45,48)/b25-23-. The van der Waals surface area contributed by atoms with Gasteiger partial charge < -0.3 is 20.6 Å². The summed E-state index contributed by atoms with van der Waals surface area (Å²) in [6.07, 6.45) is 46.0. The van der Waals surface area contributed by atoms with Crippen molar-refractivity contribution in [1.29, 1.82) is 0 Å². The summed E-state index contributed by atoms with van der Waals surface area (Å²) in [6.45, 7) is 4.19. The van der Waals surface area contributed by atoms with Crippen molar-refractivity contribution in [3.63, 3.8) is 0 Å². The Morgan fingerprint density at radius 3 is 1.18 bits per heavy atom. The van der Waals surface area contributed by atoms with Gasteiger partial charge in [0.05, 0.1) is 18.8 Å². The highest BCUT2D eigenvalue weighted by atomic mass is 16.3. The minimum absolute atomic E-state index is 0.150. The molecule has 0 aromatic heterocycles. The lowest BCUT2D eigenvalue weighted by Gasteiger charge is -2.26. The second-order valence-corrected chi connectivity index (χ2v) is 15.3. The molecule has 0 aliphatic rings. The van der Waals surface area contributed by atoms with Crippen LogP contribution in [-0.2, 0) is 4.79 Å². The first-order valence-corrected chi connectivity index (χ1v) is 22.0. The Balaban J connectivity index is 3.63. The molecular formula is C44H87NO4. The molecule has 5 heteroatoms. The fraction of sp³-hybridized carbons (Fsp3) is 0.932. The van der Waals surface area contributed by atoms with Crippen molar-refractivity contribution in [1.82, 2.24) is 5.32 Å². The average molecular weight is 694 g/mol. The number of carbonyl (C=O) groups is 1. The number of aliphatic hydroxyl groups is 3. The first-order chi connectivity index (χ1) is 24.1. The Hall–Kier alpha value is -0.910. The van der Waals surface area contributed by atoms with E-state index in [1.54, 1.807) is 0 Å². The summed E-state index contributed by atoms with van der Waals surface area (Å²) in [5, 5.41) is 33.5. The Morgan fingerprint density at radius 2 is 0.816 bits per heavy atom. The third kappa shape index (κ3) is 35.3. The quantitative estimate of drug-likeness (QED) is 0.0380. The number of carbonyl (C=O) groups excluding carboxylic acids is 1. The third-order valence-corrected chi connectivity index (χ3v) is 10.4. The fourth-order valence-corrected chi connectivity index (χ4v) is 6.92. The number of nitrogens with one attached hydrogen (secondary N) is 1.